The minimum Gasteiger partial charge on any atom is -0.472 e. The van der Waals surface area contributed by atoms with Crippen LogP contribution in [-0.4, -0.2) is 168 Å². The number of anilines is 4. The van der Waals surface area contributed by atoms with E-state index in [0.29, 0.717) is 83.7 Å². The number of nitrogens with one attached hydrogen (secondary N) is 5. The minimum absolute atomic E-state index is 0.0107. The number of amides is 9. The number of hydrogen-bond donors (Lipinski definition) is 6. The summed E-state index contributed by atoms with van der Waals surface area (Å²) in [7, 11) is 1.54. The lowest BCUT2D eigenvalue weighted by Crippen LogP contribution is -2.56. The third kappa shape index (κ3) is 15.7. The summed E-state index contributed by atoms with van der Waals surface area (Å²) < 4.78 is 29.1. The second kappa shape index (κ2) is 28.3. The Bertz CT molecular complexity index is 3560. The lowest BCUT2D eigenvalue weighted by Gasteiger charge is -2.45. The molecule has 0 aliphatic carbocycles. The van der Waals surface area contributed by atoms with Gasteiger partial charge >= 0.3 is 18.2 Å². The summed E-state index contributed by atoms with van der Waals surface area (Å²) >= 11 is 0. The van der Waals surface area contributed by atoms with E-state index in [2.05, 4.69) is 58.4 Å². The predicted molar refractivity (Wildman–Crippen MR) is 338 cm³/mol. The number of imide groups is 1. The number of rotatable bonds is 22. The number of urea groups is 1. The molecular weight excluding hydrogens is 1180 g/mol. The lowest BCUT2D eigenvalue weighted by molar-refractivity contribution is -0.137. The largest absolute Gasteiger partial charge is 0.472 e. The second-order valence-corrected chi connectivity index (χ2v) is 25.2. The van der Waals surface area contributed by atoms with Crippen molar-refractivity contribution in [2.75, 3.05) is 79.7 Å². The van der Waals surface area contributed by atoms with Gasteiger partial charge < -0.3 is 65.4 Å². The van der Waals surface area contributed by atoms with Gasteiger partial charge in [0.15, 0.2) is 12.6 Å². The van der Waals surface area contributed by atoms with Crippen LogP contribution in [0, 0.1) is 5.92 Å². The van der Waals surface area contributed by atoms with Crippen LogP contribution in [0.4, 0.5) is 37.3 Å². The van der Waals surface area contributed by atoms with Crippen LogP contribution in [0.25, 0.3) is 11.3 Å². The third-order valence-electron chi connectivity index (χ3n) is 16.8. The average molecular weight is 1270 g/mol. The number of methoxy groups -OCH3 is 1. The van der Waals surface area contributed by atoms with Gasteiger partial charge in [-0.15, -0.1) is 10.2 Å². The van der Waals surface area contributed by atoms with Gasteiger partial charge in [0.25, 0.3) is 5.91 Å². The third-order valence-corrected chi connectivity index (χ3v) is 16.8. The van der Waals surface area contributed by atoms with Crippen molar-refractivity contribution in [3.8, 4) is 22.9 Å². The Morgan fingerprint density at radius 1 is 0.880 bits per heavy atom. The number of piperidine rings is 1. The number of piperazine rings is 1. The first-order valence-corrected chi connectivity index (χ1v) is 30.9. The minimum atomic E-state index is -1.08. The highest BCUT2D eigenvalue weighted by atomic mass is 16.7. The Labute approximate surface area is 533 Å². The number of fused-ring (bicyclic) bond motifs is 4. The van der Waals surface area contributed by atoms with E-state index < -0.39 is 65.2 Å². The van der Waals surface area contributed by atoms with Crippen LogP contribution in [0.2, 0.25) is 0 Å². The molecule has 10 rings (SSSR count). The van der Waals surface area contributed by atoms with Crippen molar-refractivity contribution < 1.29 is 62.0 Å². The van der Waals surface area contributed by atoms with Crippen molar-refractivity contribution in [3.05, 3.63) is 113 Å². The topological polar surface area (TPSA) is 324 Å². The number of benzene rings is 3. The van der Waals surface area contributed by atoms with Gasteiger partial charge in [-0.2, -0.15) is 0 Å². The van der Waals surface area contributed by atoms with Crippen molar-refractivity contribution in [2.45, 2.75) is 129 Å². The first-order chi connectivity index (χ1) is 44.0. The number of carbonyl (C=O) groups excluding carboxylic acids is 8. The van der Waals surface area contributed by atoms with Crippen LogP contribution in [0.3, 0.4) is 0 Å². The quantitative estimate of drug-likeness (QED) is 0.0279. The normalized spacial score (nSPS) is 19.5. The molecule has 9 amide bonds. The average Bonchev–Trinajstić information content (AvgIpc) is 1.48. The van der Waals surface area contributed by atoms with E-state index in [1.807, 2.05) is 66.9 Å². The van der Waals surface area contributed by atoms with E-state index in [0.717, 1.165) is 43.0 Å². The Balaban J connectivity index is 0.769. The smallest absolute Gasteiger partial charge is 0.416 e. The second-order valence-electron chi connectivity index (χ2n) is 25.2. The molecule has 92 heavy (non-hydrogen) atoms. The van der Waals surface area contributed by atoms with Gasteiger partial charge in [0, 0.05) is 101 Å². The molecule has 0 radical (unpaired) electrons. The predicted octanol–water partition coefficient (Wildman–Crippen LogP) is 5.60. The Morgan fingerprint density at radius 2 is 1.64 bits per heavy atom. The van der Waals surface area contributed by atoms with Crippen molar-refractivity contribution in [3.63, 3.8) is 0 Å². The molecule has 0 spiro atoms. The number of nitrogens with two attached hydrogens (primary N) is 1. The number of hydrogen-bond acceptors (Lipinski definition) is 19. The maximum Gasteiger partial charge on any atom is 0.416 e. The van der Waals surface area contributed by atoms with Gasteiger partial charge in [-0.25, -0.2) is 19.4 Å². The molecule has 5 atom stereocenters. The number of carbonyl (C=O) groups is 8. The molecule has 7 heterocycles. The maximum atomic E-state index is 14.4. The number of ether oxygens (including phenoxy) is 5. The number of aromatic nitrogens is 3. The van der Waals surface area contributed by atoms with Gasteiger partial charge in [-0.05, 0) is 112 Å². The molecule has 488 valence electrons. The number of primary amides is 1. The van der Waals surface area contributed by atoms with Crippen molar-refractivity contribution in [1.29, 1.82) is 0 Å². The molecular formula is C65H80N14O13. The lowest BCUT2D eigenvalue weighted by atomic mass is 9.94. The molecule has 0 bridgehead atoms. The van der Waals surface area contributed by atoms with Crippen LogP contribution >= 0.6 is 0 Å². The first kappa shape index (κ1) is 65.3. The van der Waals surface area contributed by atoms with Crippen LogP contribution in [0.1, 0.15) is 101 Å². The molecule has 2 aromatic heterocycles. The SMILES string of the molecule is COCOc1ccccc1-c1cc2c(nn1)N(C(=O)OCc1ccc(NC(=O)[C@H](CCCNC(N)=O)NC(=O)[C@@H](NC(=O)OC(C)(C)C)C(C)C)cc1)C[C@]1(C)C[C@@H](Oc3ccc(CN4CCN(c5ccc6c(c5)C(=O)N([C@H]5CCC(=O)NC5=O)C6)CC4)cn3)CN21. The molecule has 27 nitrogen and oxygen atoms in total. The summed E-state index contributed by atoms with van der Waals surface area (Å²) in [6, 6.07) is 22.3. The summed E-state index contributed by atoms with van der Waals surface area (Å²) in [6.07, 6.45) is 1.48. The zero-order chi connectivity index (χ0) is 65.4. The number of pyridine rings is 1. The summed E-state index contributed by atoms with van der Waals surface area (Å²) in [5.41, 5.74) is 10.0. The van der Waals surface area contributed by atoms with E-state index in [1.54, 1.807) is 63.8 Å². The number of nitrogens with zero attached hydrogens (tertiary/aromatic N) is 8. The highest BCUT2D eigenvalue weighted by molar-refractivity contribution is 6.06. The van der Waals surface area contributed by atoms with Gasteiger partial charge in [-0.3, -0.25) is 39.1 Å². The van der Waals surface area contributed by atoms with E-state index in [4.69, 9.17) is 34.4 Å². The van der Waals surface area contributed by atoms with Crippen LogP contribution in [0.15, 0.2) is 91.1 Å². The van der Waals surface area contributed by atoms with E-state index in [-0.39, 0.29) is 69.6 Å². The number of para-hydroxylation sites is 1. The monoisotopic (exact) mass is 1260 g/mol. The molecule has 0 saturated carbocycles. The fourth-order valence-corrected chi connectivity index (χ4v) is 12.2. The fraction of sp³-hybridized carbons (Fsp3) is 0.462. The van der Waals surface area contributed by atoms with Gasteiger partial charge in [0.2, 0.25) is 29.5 Å². The molecule has 0 unspecified atom stereocenters. The zero-order valence-corrected chi connectivity index (χ0v) is 52.8. The molecule has 3 saturated heterocycles. The molecule has 7 N–H and O–H groups in total. The van der Waals surface area contributed by atoms with Crippen molar-refractivity contribution in [1.82, 2.24) is 46.2 Å². The summed E-state index contributed by atoms with van der Waals surface area (Å²) in [6.45, 7) is 15.4. The number of alkyl carbamates (subject to hydrolysis) is 1. The van der Waals surface area contributed by atoms with Crippen molar-refractivity contribution >= 4 is 70.6 Å². The van der Waals surface area contributed by atoms with Crippen LogP contribution in [0.5, 0.6) is 11.6 Å². The Kier molecular flexibility index (Phi) is 20.1. The molecule has 3 fully saturated rings. The highest BCUT2D eigenvalue weighted by Gasteiger charge is 2.51. The molecule has 5 aliphatic heterocycles. The maximum absolute atomic E-state index is 14.4. The van der Waals surface area contributed by atoms with E-state index in [1.165, 1.54) is 12.0 Å². The zero-order valence-electron chi connectivity index (χ0n) is 52.8. The highest BCUT2D eigenvalue weighted by Crippen LogP contribution is 2.46. The standard InChI is InChI=1S/C65H80N14O13/c1-39(2)55(72-62(86)92-64(3,4)5)59(83)70-48(12-10-24-67-61(66)85)57(81)69-43-18-14-40(15-19-43)36-89-63(87)78-37-65(6)31-45(35-79(65)51-30-49(73-74-56(51)78)46-11-8-9-13-52(46)90-38-88-7)91-54-23-16-41(32-68-54)33-75-25-27-76(28-26-75)44-20-17-42-34-77(60(84)47(42)29-44)50-21-22-53(80)71-58(50)82/h8-9,11,13-20,23,29-30,32,39,45,48,50,55H,10,12,21-22,24-28,31,33-38H2,1-7H3,(H,69,81)(H,70,83)(H,72,86)(H3,66,67,85)(H,71,80,82)/t45-,48+,50+,55+,65+/m1/s1. The summed E-state index contributed by atoms with van der Waals surface area (Å²) in [5, 5.41) is 22.3. The van der Waals surface area contributed by atoms with E-state index in [9.17, 15) is 38.4 Å². The van der Waals surface area contributed by atoms with Gasteiger partial charge in [-0.1, -0.05) is 50.2 Å². The summed E-state index contributed by atoms with van der Waals surface area (Å²) in [4.78, 5) is 118. The molecule has 3 aromatic carbocycles. The van der Waals surface area contributed by atoms with Gasteiger partial charge in [0.05, 0.1) is 30.0 Å². The Morgan fingerprint density at radius 3 is 2.35 bits per heavy atom. The molecule has 5 aliphatic rings. The van der Waals surface area contributed by atoms with Crippen LogP contribution < -0.4 is 56.5 Å². The first-order valence-electron chi connectivity index (χ1n) is 30.9. The molecule has 27 heteroatoms. The van der Waals surface area contributed by atoms with Crippen LogP contribution in [-0.2, 0) is 53.1 Å². The fourth-order valence-electron chi connectivity index (χ4n) is 12.2. The van der Waals surface area contributed by atoms with Gasteiger partial charge in [0.1, 0.15) is 42.2 Å². The Hall–Kier alpha value is -9.63. The summed E-state index contributed by atoms with van der Waals surface area (Å²) in [5.74, 6) is -1.17. The molecule has 5 aromatic rings. The van der Waals surface area contributed by atoms with E-state index >= 15 is 0 Å². The van der Waals surface area contributed by atoms with Crippen molar-refractivity contribution in [2.24, 2.45) is 11.7 Å².